The Hall–Kier alpha value is -1.66. The molecule has 0 aromatic carbocycles. The summed E-state index contributed by atoms with van der Waals surface area (Å²) < 4.78 is 0. The maximum absolute atomic E-state index is 11.5. The van der Waals surface area contributed by atoms with Crippen molar-refractivity contribution in [1.29, 1.82) is 0 Å². The number of aryl methyl sites for hydroxylation is 1. The molecule has 0 aliphatic heterocycles. The lowest BCUT2D eigenvalue weighted by atomic mass is 10.2. The Balaban J connectivity index is 2.22. The summed E-state index contributed by atoms with van der Waals surface area (Å²) in [6.07, 6.45) is 1.75. The van der Waals surface area contributed by atoms with Crippen molar-refractivity contribution in [3.05, 3.63) is 46.0 Å². The van der Waals surface area contributed by atoms with Gasteiger partial charge < -0.3 is 10.3 Å². The van der Waals surface area contributed by atoms with E-state index < -0.39 is 0 Å². The van der Waals surface area contributed by atoms with Crippen LogP contribution in [0.4, 0.5) is 0 Å². The topological polar surface area (TPSA) is 70.7 Å². The second-order valence-electron chi connectivity index (χ2n) is 4.80. The molecule has 2 aromatic rings. The highest BCUT2D eigenvalue weighted by Crippen LogP contribution is 2.25. The number of nitrogens with one attached hydrogen (secondary N) is 2. The van der Waals surface area contributed by atoms with Crippen molar-refractivity contribution < 1.29 is 0 Å². The molecule has 0 fully saturated rings. The SMILES string of the molecule is Cc1cc(=O)[nH]c(Sc2ncccc2CNC(C)C)n1. The highest BCUT2D eigenvalue weighted by molar-refractivity contribution is 7.99. The third kappa shape index (κ3) is 4.18. The van der Waals surface area contributed by atoms with Gasteiger partial charge in [0.15, 0.2) is 5.16 Å². The van der Waals surface area contributed by atoms with Gasteiger partial charge in [-0.05, 0) is 30.3 Å². The largest absolute Gasteiger partial charge is 0.310 e. The molecule has 2 N–H and O–H groups in total. The first kappa shape index (κ1) is 14.7. The summed E-state index contributed by atoms with van der Waals surface area (Å²) in [6.45, 7) is 6.74. The average Bonchev–Trinajstić information content (AvgIpc) is 2.36. The van der Waals surface area contributed by atoms with Gasteiger partial charge in [0, 0.05) is 30.5 Å². The fraction of sp³-hybridized carbons (Fsp3) is 0.357. The molecule has 2 heterocycles. The lowest BCUT2D eigenvalue weighted by Crippen LogP contribution is -2.22. The summed E-state index contributed by atoms with van der Waals surface area (Å²) in [6, 6.07) is 5.82. The van der Waals surface area contributed by atoms with Gasteiger partial charge in [-0.25, -0.2) is 9.97 Å². The summed E-state index contributed by atoms with van der Waals surface area (Å²) in [5, 5.41) is 4.79. The third-order valence-electron chi connectivity index (χ3n) is 2.59. The van der Waals surface area contributed by atoms with Crippen LogP contribution in [0.5, 0.6) is 0 Å². The molecule has 0 amide bonds. The molecular weight excluding hydrogens is 272 g/mol. The van der Waals surface area contributed by atoms with E-state index >= 15 is 0 Å². The summed E-state index contributed by atoms with van der Waals surface area (Å²) in [5.74, 6) is 0. The van der Waals surface area contributed by atoms with Crippen LogP contribution in [-0.4, -0.2) is 21.0 Å². The molecule has 0 unspecified atom stereocenters. The van der Waals surface area contributed by atoms with Crippen LogP contribution in [0.1, 0.15) is 25.1 Å². The van der Waals surface area contributed by atoms with Crippen LogP contribution in [0.2, 0.25) is 0 Å². The van der Waals surface area contributed by atoms with E-state index in [4.69, 9.17) is 0 Å². The van der Waals surface area contributed by atoms with Crippen LogP contribution in [0.25, 0.3) is 0 Å². The van der Waals surface area contributed by atoms with Gasteiger partial charge in [0.25, 0.3) is 5.56 Å². The zero-order chi connectivity index (χ0) is 14.5. The Morgan fingerprint density at radius 2 is 2.25 bits per heavy atom. The van der Waals surface area contributed by atoms with Crippen LogP contribution < -0.4 is 10.9 Å². The minimum Gasteiger partial charge on any atom is -0.310 e. The number of rotatable bonds is 5. The molecule has 6 heteroatoms. The summed E-state index contributed by atoms with van der Waals surface area (Å²) in [4.78, 5) is 22.9. The highest BCUT2D eigenvalue weighted by Gasteiger charge is 2.08. The van der Waals surface area contributed by atoms with Crippen molar-refractivity contribution in [2.75, 3.05) is 0 Å². The predicted octanol–water partition coefficient (Wildman–Crippen LogP) is 2.12. The zero-order valence-electron chi connectivity index (χ0n) is 11.8. The van der Waals surface area contributed by atoms with Gasteiger partial charge in [0.2, 0.25) is 0 Å². The quantitative estimate of drug-likeness (QED) is 0.825. The number of hydrogen-bond donors (Lipinski definition) is 2. The molecule has 20 heavy (non-hydrogen) atoms. The van der Waals surface area contributed by atoms with Crippen LogP contribution in [0.3, 0.4) is 0 Å². The lowest BCUT2D eigenvalue weighted by molar-refractivity contribution is 0.582. The van der Waals surface area contributed by atoms with E-state index in [0.29, 0.717) is 16.9 Å². The molecule has 2 rings (SSSR count). The molecule has 106 valence electrons. The second kappa shape index (κ2) is 6.67. The number of nitrogens with zero attached hydrogens (tertiary/aromatic N) is 2. The highest BCUT2D eigenvalue weighted by atomic mass is 32.2. The smallest absolute Gasteiger partial charge is 0.251 e. The molecule has 0 bridgehead atoms. The van der Waals surface area contributed by atoms with E-state index in [2.05, 4.69) is 34.1 Å². The third-order valence-corrected chi connectivity index (χ3v) is 3.54. The van der Waals surface area contributed by atoms with Crippen molar-refractivity contribution in [3.8, 4) is 0 Å². The molecule has 0 radical (unpaired) electrons. The van der Waals surface area contributed by atoms with Crippen molar-refractivity contribution in [2.45, 2.75) is 43.5 Å². The first-order valence-corrected chi connectivity index (χ1v) is 7.29. The second-order valence-corrected chi connectivity index (χ2v) is 5.77. The van der Waals surface area contributed by atoms with Gasteiger partial charge in [-0.3, -0.25) is 4.79 Å². The first-order valence-electron chi connectivity index (χ1n) is 6.47. The van der Waals surface area contributed by atoms with Crippen molar-refractivity contribution >= 4 is 11.8 Å². The lowest BCUT2D eigenvalue weighted by Gasteiger charge is -2.11. The number of pyridine rings is 1. The number of hydrogen-bond acceptors (Lipinski definition) is 5. The minimum absolute atomic E-state index is 0.141. The molecule has 0 aliphatic rings. The van der Waals surface area contributed by atoms with E-state index in [0.717, 1.165) is 17.1 Å². The summed E-state index contributed by atoms with van der Waals surface area (Å²) >= 11 is 1.38. The van der Waals surface area contributed by atoms with E-state index in [1.807, 2.05) is 12.1 Å². The molecule has 0 atom stereocenters. The van der Waals surface area contributed by atoms with Gasteiger partial charge in [-0.1, -0.05) is 19.9 Å². The van der Waals surface area contributed by atoms with Crippen LogP contribution in [0.15, 0.2) is 39.4 Å². The standard InChI is InChI=1S/C14H18N4OS/c1-9(2)16-8-11-5-4-6-15-13(11)20-14-17-10(3)7-12(19)18-14/h4-7,9,16H,8H2,1-3H3,(H,17,18,19). The predicted molar refractivity (Wildman–Crippen MR) is 79.9 cm³/mol. The molecule has 0 spiro atoms. The van der Waals surface area contributed by atoms with E-state index in [1.54, 1.807) is 13.1 Å². The molecule has 2 aromatic heterocycles. The van der Waals surface area contributed by atoms with Gasteiger partial charge in [0.05, 0.1) is 0 Å². The Kier molecular flexibility index (Phi) is 4.92. The molecule has 5 nitrogen and oxygen atoms in total. The zero-order valence-corrected chi connectivity index (χ0v) is 12.6. The monoisotopic (exact) mass is 290 g/mol. The Morgan fingerprint density at radius 1 is 1.45 bits per heavy atom. The van der Waals surface area contributed by atoms with Gasteiger partial charge in [-0.2, -0.15) is 0 Å². The van der Waals surface area contributed by atoms with Crippen molar-refractivity contribution in [1.82, 2.24) is 20.3 Å². The maximum Gasteiger partial charge on any atom is 0.251 e. The average molecular weight is 290 g/mol. The van der Waals surface area contributed by atoms with Crippen molar-refractivity contribution in [2.24, 2.45) is 0 Å². The number of aromatic nitrogens is 3. The first-order chi connectivity index (χ1) is 9.54. The van der Waals surface area contributed by atoms with Crippen LogP contribution in [-0.2, 0) is 6.54 Å². The molecule has 0 aliphatic carbocycles. The van der Waals surface area contributed by atoms with E-state index in [1.165, 1.54) is 17.8 Å². The molecular formula is C14H18N4OS. The molecule has 0 saturated heterocycles. The van der Waals surface area contributed by atoms with Crippen molar-refractivity contribution in [3.63, 3.8) is 0 Å². The van der Waals surface area contributed by atoms with Gasteiger partial charge in [0.1, 0.15) is 5.03 Å². The van der Waals surface area contributed by atoms with Gasteiger partial charge in [-0.15, -0.1) is 0 Å². The van der Waals surface area contributed by atoms with E-state index in [9.17, 15) is 4.79 Å². The Morgan fingerprint density at radius 3 is 2.95 bits per heavy atom. The Labute approximate surface area is 122 Å². The van der Waals surface area contributed by atoms with Crippen LogP contribution >= 0.6 is 11.8 Å². The maximum atomic E-state index is 11.5. The fourth-order valence-electron chi connectivity index (χ4n) is 1.66. The number of aromatic amines is 1. The molecule has 0 saturated carbocycles. The van der Waals surface area contributed by atoms with E-state index in [-0.39, 0.29) is 5.56 Å². The normalized spacial score (nSPS) is 11.0. The van der Waals surface area contributed by atoms with Crippen LogP contribution in [0, 0.1) is 6.92 Å². The summed E-state index contributed by atoms with van der Waals surface area (Å²) in [7, 11) is 0. The van der Waals surface area contributed by atoms with Gasteiger partial charge >= 0.3 is 0 Å². The minimum atomic E-state index is -0.141. The summed E-state index contributed by atoms with van der Waals surface area (Å²) in [5.41, 5.74) is 1.65. The fourth-order valence-corrected chi connectivity index (χ4v) is 2.57. The number of H-pyrrole nitrogens is 1. The Bertz CT molecular complexity index is 639.